The van der Waals surface area contributed by atoms with Crippen molar-refractivity contribution in [2.75, 3.05) is 23.3 Å². The highest BCUT2D eigenvalue weighted by atomic mass is 32.2. The standard InChI is InChI=1S/C25H25F3N2O6S/c1-3-35-22-13-18(29-24(32)20(15-31)17-7-5-4-6-8-17)11-12-23(22)37(33,34)30-19-10-9-16(2)21(14-19)36-25(26,27)28/h4-14,20,30-31H,3,15H2,1-2H3,(H,29,32). The molecule has 1 amide bonds. The van der Waals surface area contributed by atoms with E-state index in [0.29, 0.717) is 5.56 Å². The number of hydrogen-bond acceptors (Lipinski definition) is 6. The van der Waals surface area contributed by atoms with Gasteiger partial charge in [0, 0.05) is 17.8 Å². The van der Waals surface area contributed by atoms with Crippen molar-refractivity contribution in [3.8, 4) is 11.5 Å². The second-order valence-electron chi connectivity index (χ2n) is 7.86. The molecule has 0 spiro atoms. The lowest BCUT2D eigenvalue weighted by Crippen LogP contribution is -2.24. The Morgan fingerprint density at radius 1 is 1.00 bits per heavy atom. The molecule has 0 aromatic heterocycles. The topological polar surface area (TPSA) is 114 Å². The predicted octanol–water partition coefficient (Wildman–Crippen LogP) is 4.81. The second-order valence-corrected chi connectivity index (χ2v) is 9.51. The van der Waals surface area contributed by atoms with Crippen molar-refractivity contribution in [1.82, 2.24) is 0 Å². The summed E-state index contributed by atoms with van der Waals surface area (Å²) < 4.78 is 75.8. The van der Waals surface area contributed by atoms with Gasteiger partial charge in [-0.2, -0.15) is 0 Å². The van der Waals surface area contributed by atoms with E-state index in [4.69, 9.17) is 4.74 Å². The zero-order chi connectivity index (χ0) is 27.2. The third-order valence-electron chi connectivity index (χ3n) is 5.17. The van der Waals surface area contributed by atoms with Crippen LogP contribution in [0.4, 0.5) is 24.5 Å². The van der Waals surface area contributed by atoms with E-state index in [1.807, 2.05) is 0 Å². The van der Waals surface area contributed by atoms with Crippen LogP contribution in [0.2, 0.25) is 0 Å². The van der Waals surface area contributed by atoms with Crippen LogP contribution in [0.15, 0.2) is 71.6 Å². The summed E-state index contributed by atoms with van der Waals surface area (Å²) >= 11 is 0. The van der Waals surface area contributed by atoms with E-state index in [9.17, 15) is 31.5 Å². The van der Waals surface area contributed by atoms with Gasteiger partial charge in [0.25, 0.3) is 10.0 Å². The van der Waals surface area contributed by atoms with Gasteiger partial charge in [0.2, 0.25) is 5.91 Å². The minimum absolute atomic E-state index is 0.0908. The summed E-state index contributed by atoms with van der Waals surface area (Å²) in [5.74, 6) is -2.00. The molecular weight excluding hydrogens is 513 g/mol. The number of halogens is 3. The van der Waals surface area contributed by atoms with Crippen LogP contribution in [0.3, 0.4) is 0 Å². The Labute approximate surface area is 212 Å². The smallest absolute Gasteiger partial charge is 0.492 e. The molecule has 0 saturated carbocycles. The molecular formula is C25H25F3N2O6S. The number of nitrogens with one attached hydrogen (secondary N) is 2. The molecule has 1 atom stereocenters. The fraction of sp³-hybridized carbons (Fsp3) is 0.240. The Morgan fingerprint density at radius 3 is 2.27 bits per heavy atom. The van der Waals surface area contributed by atoms with Crippen LogP contribution in [0.1, 0.15) is 24.0 Å². The molecule has 0 saturated heterocycles. The van der Waals surface area contributed by atoms with Gasteiger partial charge in [0.1, 0.15) is 16.4 Å². The third kappa shape index (κ3) is 7.37. The van der Waals surface area contributed by atoms with Crippen molar-refractivity contribution < 1.29 is 41.0 Å². The number of aliphatic hydroxyl groups is 1. The lowest BCUT2D eigenvalue weighted by atomic mass is 9.99. The van der Waals surface area contributed by atoms with Gasteiger partial charge in [0.05, 0.1) is 24.8 Å². The first-order valence-electron chi connectivity index (χ1n) is 11.1. The van der Waals surface area contributed by atoms with E-state index in [2.05, 4.69) is 14.8 Å². The van der Waals surface area contributed by atoms with E-state index in [-0.39, 0.29) is 34.2 Å². The van der Waals surface area contributed by atoms with Crippen molar-refractivity contribution in [3.63, 3.8) is 0 Å². The molecule has 198 valence electrons. The van der Waals surface area contributed by atoms with Gasteiger partial charge in [0.15, 0.2) is 0 Å². The van der Waals surface area contributed by atoms with Crippen LogP contribution in [0.25, 0.3) is 0 Å². The lowest BCUT2D eigenvalue weighted by molar-refractivity contribution is -0.274. The predicted molar refractivity (Wildman–Crippen MR) is 131 cm³/mol. The van der Waals surface area contributed by atoms with E-state index < -0.39 is 40.6 Å². The van der Waals surface area contributed by atoms with Crippen molar-refractivity contribution in [1.29, 1.82) is 0 Å². The number of anilines is 2. The average molecular weight is 539 g/mol. The Balaban J connectivity index is 1.86. The van der Waals surface area contributed by atoms with Crippen molar-refractivity contribution in [2.45, 2.75) is 31.0 Å². The summed E-state index contributed by atoms with van der Waals surface area (Å²) in [6.07, 6.45) is -4.94. The monoisotopic (exact) mass is 538 g/mol. The molecule has 0 aliphatic carbocycles. The third-order valence-corrected chi connectivity index (χ3v) is 6.59. The maximum Gasteiger partial charge on any atom is 0.573 e. The molecule has 0 aliphatic rings. The Hall–Kier alpha value is -3.77. The average Bonchev–Trinajstić information content (AvgIpc) is 2.81. The molecule has 0 heterocycles. The number of sulfonamides is 1. The van der Waals surface area contributed by atoms with Crippen LogP contribution < -0.4 is 19.5 Å². The van der Waals surface area contributed by atoms with Gasteiger partial charge in [-0.1, -0.05) is 36.4 Å². The van der Waals surface area contributed by atoms with Crippen LogP contribution in [-0.2, 0) is 14.8 Å². The van der Waals surface area contributed by atoms with Crippen LogP contribution in [0, 0.1) is 6.92 Å². The van der Waals surface area contributed by atoms with Gasteiger partial charge < -0.3 is 19.9 Å². The first-order chi connectivity index (χ1) is 17.4. The van der Waals surface area contributed by atoms with E-state index >= 15 is 0 Å². The molecule has 0 fully saturated rings. The minimum Gasteiger partial charge on any atom is -0.492 e. The fourth-order valence-corrected chi connectivity index (χ4v) is 4.62. The van der Waals surface area contributed by atoms with Crippen molar-refractivity contribution >= 4 is 27.3 Å². The number of hydrogen-bond donors (Lipinski definition) is 3. The molecule has 3 rings (SSSR count). The van der Waals surface area contributed by atoms with Gasteiger partial charge in [-0.25, -0.2) is 8.42 Å². The van der Waals surface area contributed by atoms with Crippen LogP contribution in [0.5, 0.6) is 11.5 Å². The molecule has 37 heavy (non-hydrogen) atoms. The Bertz CT molecular complexity index is 1350. The van der Waals surface area contributed by atoms with Gasteiger partial charge in [-0.3, -0.25) is 9.52 Å². The number of rotatable bonds is 10. The molecule has 0 aliphatic heterocycles. The molecule has 8 nitrogen and oxygen atoms in total. The SMILES string of the molecule is CCOc1cc(NC(=O)C(CO)c2ccccc2)ccc1S(=O)(=O)Nc1ccc(C)c(OC(F)(F)F)c1. The Kier molecular flexibility index (Phi) is 8.66. The summed E-state index contributed by atoms with van der Waals surface area (Å²) in [6.45, 7) is 2.67. The second kappa shape index (κ2) is 11.5. The van der Waals surface area contributed by atoms with Crippen molar-refractivity contribution in [2.24, 2.45) is 0 Å². The molecule has 0 radical (unpaired) electrons. The van der Waals surface area contributed by atoms with E-state index in [1.54, 1.807) is 37.3 Å². The number of alkyl halides is 3. The minimum atomic E-state index is -4.94. The molecule has 0 bridgehead atoms. The molecule has 3 aromatic rings. The van der Waals surface area contributed by atoms with Crippen LogP contribution >= 0.6 is 0 Å². The summed E-state index contributed by atoms with van der Waals surface area (Å²) in [4.78, 5) is 12.5. The first kappa shape index (κ1) is 27.8. The maximum atomic E-state index is 13.1. The van der Waals surface area contributed by atoms with Gasteiger partial charge in [-0.05, 0) is 43.2 Å². The van der Waals surface area contributed by atoms with Crippen molar-refractivity contribution in [3.05, 3.63) is 77.9 Å². The normalized spacial score (nSPS) is 12.5. The Morgan fingerprint density at radius 2 is 1.65 bits per heavy atom. The molecule has 1 unspecified atom stereocenters. The fourth-order valence-electron chi connectivity index (χ4n) is 3.44. The highest BCUT2D eigenvalue weighted by Crippen LogP contribution is 2.33. The number of ether oxygens (including phenoxy) is 2. The highest BCUT2D eigenvalue weighted by Gasteiger charge is 2.32. The molecule has 3 aromatic carbocycles. The lowest BCUT2D eigenvalue weighted by Gasteiger charge is -2.17. The number of carbonyl (C=O) groups is 1. The highest BCUT2D eigenvalue weighted by molar-refractivity contribution is 7.92. The van der Waals surface area contributed by atoms with Crippen LogP contribution in [-0.4, -0.2) is 39.0 Å². The number of carbonyl (C=O) groups excluding carboxylic acids is 1. The molecule has 12 heteroatoms. The molecule has 3 N–H and O–H groups in total. The summed E-state index contributed by atoms with van der Waals surface area (Å²) in [7, 11) is -4.31. The number of aryl methyl sites for hydroxylation is 1. The summed E-state index contributed by atoms with van der Waals surface area (Å²) in [5, 5.41) is 12.3. The van der Waals surface area contributed by atoms with Gasteiger partial charge in [-0.15, -0.1) is 13.2 Å². The number of benzene rings is 3. The maximum absolute atomic E-state index is 13.1. The van der Waals surface area contributed by atoms with E-state index in [0.717, 1.165) is 6.07 Å². The zero-order valence-electron chi connectivity index (χ0n) is 19.9. The van der Waals surface area contributed by atoms with Gasteiger partial charge >= 0.3 is 6.36 Å². The zero-order valence-corrected chi connectivity index (χ0v) is 20.7. The number of aliphatic hydroxyl groups excluding tert-OH is 1. The number of amides is 1. The first-order valence-corrected chi connectivity index (χ1v) is 12.5. The van der Waals surface area contributed by atoms with E-state index in [1.165, 1.54) is 37.3 Å². The quantitative estimate of drug-likeness (QED) is 0.342. The largest absolute Gasteiger partial charge is 0.573 e. The summed E-state index contributed by atoms with van der Waals surface area (Å²) in [5.41, 5.74) is 0.825. The summed E-state index contributed by atoms with van der Waals surface area (Å²) in [6, 6.07) is 16.0.